The van der Waals surface area contributed by atoms with Crippen LogP contribution in [0.3, 0.4) is 0 Å². The molecule has 0 saturated carbocycles. The number of anilines is 2. The topological polar surface area (TPSA) is 71.0 Å². The zero-order chi connectivity index (χ0) is 22.0. The fourth-order valence-electron chi connectivity index (χ4n) is 3.42. The summed E-state index contributed by atoms with van der Waals surface area (Å²) < 4.78 is 43.0. The number of piperidine rings is 1. The molecule has 0 bridgehead atoms. The van der Waals surface area contributed by atoms with Crippen LogP contribution in [0.15, 0.2) is 42.6 Å². The summed E-state index contributed by atoms with van der Waals surface area (Å²) in [6, 6.07) is 9.58. The summed E-state index contributed by atoms with van der Waals surface area (Å²) in [4.78, 5) is 22.9. The lowest BCUT2D eigenvalue weighted by Gasteiger charge is -2.35. The number of benzene rings is 1. The fourth-order valence-corrected chi connectivity index (χ4v) is 4.29. The number of carbonyl (C=O) groups excluding carboxylic acids is 1. The summed E-state index contributed by atoms with van der Waals surface area (Å²) in [5.41, 5.74) is -0.0964. The molecule has 1 N–H and O–H groups in total. The van der Waals surface area contributed by atoms with Crippen LogP contribution in [0.1, 0.15) is 24.8 Å². The van der Waals surface area contributed by atoms with Gasteiger partial charge in [0.15, 0.2) is 5.82 Å². The van der Waals surface area contributed by atoms with Gasteiger partial charge in [0.1, 0.15) is 11.9 Å². The molecule has 162 valence electrons. The van der Waals surface area contributed by atoms with Gasteiger partial charge in [-0.3, -0.25) is 10.1 Å². The maximum atomic E-state index is 13.0. The second-order valence-electron chi connectivity index (χ2n) is 7.01. The molecule has 2 aromatic heterocycles. The first-order chi connectivity index (χ1) is 14.8. The summed E-state index contributed by atoms with van der Waals surface area (Å²) in [7, 11) is 0. The van der Waals surface area contributed by atoms with Crippen molar-refractivity contribution in [3.63, 3.8) is 0 Å². The van der Waals surface area contributed by atoms with E-state index >= 15 is 0 Å². The van der Waals surface area contributed by atoms with E-state index in [4.69, 9.17) is 11.6 Å². The molecule has 0 spiro atoms. The Kier molecular flexibility index (Phi) is 6.10. The van der Waals surface area contributed by atoms with E-state index in [2.05, 4.69) is 19.7 Å². The second kappa shape index (κ2) is 8.80. The second-order valence-corrected chi connectivity index (χ2v) is 8.17. The number of nitrogens with zero attached hydrogens (tertiary/aromatic N) is 4. The van der Waals surface area contributed by atoms with Crippen molar-refractivity contribution in [2.75, 3.05) is 16.8 Å². The lowest BCUT2D eigenvalue weighted by Crippen LogP contribution is -2.47. The van der Waals surface area contributed by atoms with Gasteiger partial charge in [-0.25, -0.2) is 4.98 Å². The lowest BCUT2D eigenvalue weighted by atomic mass is 10.0. The molecule has 0 radical (unpaired) electrons. The standard InChI is InChI=1S/C20H17ClF3N5OS/c21-14-10-13(20(22,23)24)11-25-17(14)29-9-5-4-8-15(29)18(30)27-19-26-16(28-31-19)12-6-2-1-3-7-12/h1-3,6-7,10-11,15H,4-5,8-9H2,(H,26,27,28,30). The number of rotatable bonds is 4. The Labute approximate surface area is 185 Å². The summed E-state index contributed by atoms with van der Waals surface area (Å²) >= 11 is 7.18. The lowest BCUT2D eigenvalue weighted by molar-refractivity contribution is -0.137. The molecule has 1 saturated heterocycles. The summed E-state index contributed by atoms with van der Waals surface area (Å²) in [5, 5.41) is 2.98. The Hall–Kier alpha value is -2.72. The fraction of sp³-hybridized carbons (Fsp3) is 0.300. The molecule has 3 heterocycles. The van der Waals surface area contributed by atoms with Crippen LogP contribution in [0.25, 0.3) is 11.4 Å². The number of halogens is 4. The third-order valence-corrected chi connectivity index (χ3v) is 5.82. The van der Waals surface area contributed by atoms with Crippen molar-refractivity contribution in [3.8, 4) is 11.4 Å². The van der Waals surface area contributed by atoms with Gasteiger partial charge in [-0.15, -0.1) is 0 Å². The number of nitrogens with one attached hydrogen (secondary N) is 1. The first-order valence-corrected chi connectivity index (χ1v) is 10.7. The smallest absolute Gasteiger partial charge is 0.343 e. The predicted molar refractivity (Wildman–Crippen MR) is 113 cm³/mol. The van der Waals surface area contributed by atoms with Crippen LogP contribution in [-0.2, 0) is 11.0 Å². The van der Waals surface area contributed by atoms with Crippen molar-refractivity contribution < 1.29 is 18.0 Å². The number of hydrogen-bond acceptors (Lipinski definition) is 6. The minimum absolute atomic E-state index is 0.142. The number of pyridine rings is 1. The first kappa shape index (κ1) is 21.5. The molecule has 1 aromatic carbocycles. The molecule has 1 fully saturated rings. The van der Waals surface area contributed by atoms with Crippen LogP contribution >= 0.6 is 23.1 Å². The van der Waals surface area contributed by atoms with Gasteiger partial charge >= 0.3 is 6.18 Å². The van der Waals surface area contributed by atoms with Crippen LogP contribution in [-0.4, -0.2) is 32.8 Å². The van der Waals surface area contributed by atoms with E-state index in [1.165, 1.54) is 0 Å². The highest BCUT2D eigenvalue weighted by atomic mass is 35.5. The monoisotopic (exact) mass is 467 g/mol. The maximum Gasteiger partial charge on any atom is 0.417 e. The quantitative estimate of drug-likeness (QED) is 0.566. The van der Waals surface area contributed by atoms with Crippen molar-refractivity contribution in [1.82, 2.24) is 14.3 Å². The SMILES string of the molecule is O=C(Nc1nc(-c2ccccc2)ns1)C1CCCCN1c1ncc(C(F)(F)F)cc1Cl. The predicted octanol–water partition coefficient (Wildman–Crippen LogP) is 5.27. The Morgan fingerprint density at radius 3 is 2.71 bits per heavy atom. The average molecular weight is 468 g/mol. The van der Waals surface area contributed by atoms with Gasteiger partial charge in [0.05, 0.1) is 10.6 Å². The number of carbonyl (C=O) groups is 1. The number of amides is 1. The Morgan fingerprint density at radius 1 is 1.23 bits per heavy atom. The van der Waals surface area contributed by atoms with E-state index in [1.54, 1.807) is 4.90 Å². The maximum absolute atomic E-state index is 13.0. The molecule has 1 atom stereocenters. The highest BCUT2D eigenvalue weighted by Crippen LogP contribution is 2.35. The molecule has 6 nitrogen and oxygen atoms in total. The van der Waals surface area contributed by atoms with Crippen LogP contribution in [0, 0.1) is 0 Å². The average Bonchev–Trinajstić information content (AvgIpc) is 3.22. The highest BCUT2D eigenvalue weighted by Gasteiger charge is 2.35. The number of hydrogen-bond donors (Lipinski definition) is 1. The van der Waals surface area contributed by atoms with E-state index in [1.807, 2.05) is 30.3 Å². The van der Waals surface area contributed by atoms with Gasteiger partial charge in [-0.05, 0) is 25.3 Å². The molecular formula is C20H17ClF3N5OS. The van der Waals surface area contributed by atoms with Crippen LogP contribution in [0.5, 0.6) is 0 Å². The Bertz CT molecular complexity index is 1080. The van der Waals surface area contributed by atoms with Crippen LogP contribution in [0.2, 0.25) is 5.02 Å². The van der Waals surface area contributed by atoms with E-state index in [0.717, 1.165) is 42.2 Å². The summed E-state index contributed by atoms with van der Waals surface area (Å²) in [5.74, 6) is 0.346. The molecule has 1 unspecified atom stereocenters. The summed E-state index contributed by atoms with van der Waals surface area (Å²) in [6.07, 6.45) is -1.70. The van der Waals surface area contributed by atoms with E-state index in [9.17, 15) is 18.0 Å². The molecule has 1 aliphatic rings. The van der Waals surface area contributed by atoms with Crippen molar-refractivity contribution >= 4 is 40.0 Å². The molecule has 31 heavy (non-hydrogen) atoms. The molecule has 1 amide bonds. The zero-order valence-electron chi connectivity index (χ0n) is 16.1. The Morgan fingerprint density at radius 2 is 2.00 bits per heavy atom. The third-order valence-electron chi connectivity index (χ3n) is 4.91. The van der Waals surface area contributed by atoms with E-state index in [-0.39, 0.29) is 16.7 Å². The van der Waals surface area contributed by atoms with E-state index in [0.29, 0.717) is 23.9 Å². The van der Waals surface area contributed by atoms with Gasteiger partial charge in [-0.1, -0.05) is 41.9 Å². The molecule has 11 heteroatoms. The van der Waals surface area contributed by atoms with Crippen molar-refractivity contribution in [1.29, 1.82) is 0 Å². The van der Waals surface area contributed by atoms with Gasteiger partial charge < -0.3 is 4.90 Å². The van der Waals surface area contributed by atoms with Crippen LogP contribution in [0.4, 0.5) is 24.1 Å². The normalized spacial score (nSPS) is 16.9. The minimum Gasteiger partial charge on any atom is -0.343 e. The van der Waals surface area contributed by atoms with Gasteiger partial charge in [0.2, 0.25) is 11.0 Å². The largest absolute Gasteiger partial charge is 0.417 e. The molecule has 1 aliphatic heterocycles. The Balaban J connectivity index is 1.53. The molecule has 4 rings (SSSR count). The number of aromatic nitrogens is 3. The van der Waals surface area contributed by atoms with Crippen molar-refractivity contribution in [3.05, 3.63) is 53.2 Å². The van der Waals surface area contributed by atoms with Crippen LogP contribution < -0.4 is 10.2 Å². The molecule has 0 aliphatic carbocycles. The minimum atomic E-state index is -4.54. The van der Waals surface area contributed by atoms with Crippen molar-refractivity contribution in [2.45, 2.75) is 31.5 Å². The summed E-state index contributed by atoms with van der Waals surface area (Å²) in [6.45, 7) is 0.460. The highest BCUT2D eigenvalue weighted by molar-refractivity contribution is 7.10. The van der Waals surface area contributed by atoms with Gasteiger partial charge in [-0.2, -0.15) is 22.5 Å². The number of alkyl halides is 3. The van der Waals surface area contributed by atoms with Crippen molar-refractivity contribution in [2.24, 2.45) is 0 Å². The molecule has 3 aromatic rings. The van der Waals surface area contributed by atoms with Gasteiger partial charge in [0.25, 0.3) is 0 Å². The first-order valence-electron chi connectivity index (χ1n) is 9.52. The van der Waals surface area contributed by atoms with E-state index < -0.39 is 17.8 Å². The van der Waals surface area contributed by atoms with Gasteiger partial charge in [0, 0.05) is 29.8 Å². The zero-order valence-corrected chi connectivity index (χ0v) is 17.6. The third kappa shape index (κ3) is 4.80. The molecular weight excluding hydrogens is 451 g/mol.